The summed E-state index contributed by atoms with van der Waals surface area (Å²) in [5, 5.41) is 5.50. The third-order valence-electron chi connectivity index (χ3n) is 3.95. The van der Waals surface area contributed by atoms with Gasteiger partial charge in [-0.15, -0.1) is 0 Å². The summed E-state index contributed by atoms with van der Waals surface area (Å²) in [5.74, 6) is 0.681. The van der Waals surface area contributed by atoms with E-state index in [9.17, 15) is 4.79 Å². The normalized spacial score (nSPS) is 10.9. The lowest BCUT2D eigenvalue weighted by molar-refractivity contribution is 0.111. The van der Waals surface area contributed by atoms with Crippen LogP contribution in [-0.4, -0.2) is 28.0 Å². The summed E-state index contributed by atoms with van der Waals surface area (Å²) in [5.41, 5.74) is 3.00. The molecule has 0 aliphatic rings. The molecule has 0 radical (unpaired) electrons. The Morgan fingerprint density at radius 1 is 1.12 bits per heavy atom. The van der Waals surface area contributed by atoms with Crippen LogP contribution in [0.5, 0.6) is 5.75 Å². The number of carbonyl (C=O) groups excluding carboxylic acids is 1. The minimum Gasteiger partial charge on any atom is -0.496 e. The Bertz CT molecular complexity index is 1040. The number of hydrogen-bond donors (Lipinski definition) is 0. The molecule has 0 aliphatic carbocycles. The van der Waals surface area contributed by atoms with Crippen molar-refractivity contribution in [2.24, 2.45) is 0 Å². The first-order valence-electron chi connectivity index (χ1n) is 7.81. The average Bonchev–Trinajstić information content (AvgIpc) is 3.19. The molecule has 4 aromatic rings. The number of hydrogen-bond acceptors (Lipinski definition) is 5. The van der Waals surface area contributed by atoms with Crippen LogP contribution in [0.4, 0.5) is 0 Å². The molecule has 6 heteroatoms. The number of imidazole rings is 1. The van der Waals surface area contributed by atoms with Crippen molar-refractivity contribution >= 4 is 22.6 Å². The van der Waals surface area contributed by atoms with Crippen molar-refractivity contribution in [2.45, 2.75) is 6.42 Å². The van der Waals surface area contributed by atoms with Gasteiger partial charge >= 0.3 is 0 Å². The van der Waals surface area contributed by atoms with Gasteiger partial charge in [-0.2, -0.15) is 9.61 Å². The Balaban J connectivity index is 1.78. The van der Waals surface area contributed by atoms with Crippen LogP contribution in [0.25, 0.3) is 16.2 Å². The highest BCUT2D eigenvalue weighted by molar-refractivity contribution is 7.16. The molecule has 0 atom stereocenters. The molecule has 0 saturated carbocycles. The van der Waals surface area contributed by atoms with Crippen molar-refractivity contribution in [2.75, 3.05) is 7.11 Å². The third kappa shape index (κ3) is 2.81. The van der Waals surface area contributed by atoms with E-state index in [-0.39, 0.29) is 0 Å². The zero-order valence-corrected chi connectivity index (χ0v) is 14.4. The maximum atomic E-state index is 11.7. The molecule has 4 rings (SSSR count). The van der Waals surface area contributed by atoms with Gasteiger partial charge in [-0.25, -0.2) is 4.98 Å². The van der Waals surface area contributed by atoms with Gasteiger partial charge in [-0.1, -0.05) is 53.8 Å². The zero-order valence-electron chi connectivity index (χ0n) is 13.5. The van der Waals surface area contributed by atoms with Gasteiger partial charge < -0.3 is 4.74 Å². The highest BCUT2D eigenvalue weighted by Crippen LogP contribution is 2.32. The van der Waals surface area contributed by atoms with Gasteiger partial charge in [-0.05, 0) is 17.7 Å². The van der Waals surface area contributed by atoms with Gasteiger partial charge in [0.25, 0.3) is 0 Å². The second-order valence-electron chi connectivity index (χ2n) is 5.52. The van der Waals surface area contributed by atoms with Crippen LogP contribution in [0.2, 0.25) is 0 Å². The fourth-order valence-corrected chi connectivity index (χ4v) is 3.72. The molecule has 0 aliphatic heterocycles. The Morgan fingerprint density at radius 2 is 1.88 bits per heavy atom. The summed E-state index contributed by atoms with van der Waals surface area (Å²) < 4.78 is 7.02. The summed E-state index contributed by atoms with van der Waals surface area (Å²) in [4.78, 5) is 17.0. The number of aromatic nitrogens is 3. The smallest absolute Gasteiger partial charge is 0.213 e. The number of benzene rings is 2. The molecule has 2 aromatic heterocycles. The first kappa shape index (κ1) is 15.5. The Kier molecular flexibility index (Phi) is 4.03. The fraction of sp³-hybridized carbons (Fsp3) is 0.105. The number of nitrogens with zero attached hydrogens (tertiary/aromatic N) is 3. The van der Waals surface area contributed by atoms with Gasteiger partial charge in [0.05, 0.1) is 7.11 Å². The predicted octanol–water partition coefficient (Wildman–Crippen LogP) is 3.87. The van der Waals surface area contributed by atoms with E-state index in [1.165, 1.54) is 16.9 Å². The van der Waals surface area contributed by atoms with Crippen LogP contribution in [0.1, 0.15) is 21.1 Å². The molecule has 2 aromatic carbocycles. The number of para-hydroxylation sites is 1. The molecule has 2 heterocycles. The monoisotopic (exact) mass is 349 g/mol. The molecular formula is C19H15N3O2S. The molecule has 0 N–H and O–H groups in total. The van der Waals surface area contributed by atoms with Gasteiger partial charge in [0.1, 0.15) is 22.1 Å². The van der Waals surface area contributed by atoms with E-state index in [1.807, 2.05) is 42.5 Å². The number of fused-ring (bicyclic) bond motifs is 1. The van der Waals surface area contributed by atoms with Crippen LogP contribution in [0.3, 0.4) is 0 Å². The van der Waals surface area contributed by atoms with Gasteiger partial charge in [-0.3, -0.25) is 4.79 Å². The highest BCUT2D eigenvalue weighted by atomic mass is 32.1. The van der Waals surface area contributed by atoms with E-state index in [2.05, 4.69) is 22.2 Å². The quantitative estimate of drug-likeness (QED) is 0.513. The number of methoxy groups -OCH3 is 1. The average molecular weight is 349 g/mol. The van der Waals surface area contributed by atoms with Crippen LogP contribution < -0.4 is 4.74 Å². The summed E-state index contributed by atoms with van der Waals surface area (Å²) >= 11 is 1.49. The first-order valence-corrected chi connectivity index (χ1v) is 8.62. The number of rotatable bonds is 5. The lowest BCUT2D eigenvalue weighted by atomic mass is 10.1. The molecule has 0 bridgehead atoms. The number of carbonyl (C=O) groups is 1. The molecule has 0 fully saturated rings. The maximum absolute atomic E-state index is 11.7. The minimum absolute atomic E-state index is 0.440. The fourth-order valence-electron chi connectivity index (χ4n) is 2.79. The predicted molar refractivity (Wildman–Crippen MR) is 97.5 cm³/mol. The van der Waals surface area contributed by atoms with Crippen molar-refractivity contribution in [3.05, 3.63) is 70.9 Å². The number of aldehydes is 1. The van der Waals surface area contributed by atoms with Crippen molar-refractivity contribution in [1.29, 1.82) is 0 Å². The molecular weight excluding hydrogens is 334 g/mol. The van der Waals surface area contributed by atoms with E-state index in [0.717, 1.165) is 23.3 Å². The van der Waals surface area contributed by atoms with Gasteiger partial charge in [0.15, 0.2) is 6.29 Å². The lowest BCUT2D eigenvalue weighted by Crippen LogP contribution is -1.97. The van der Waals surface area contributed by atoms with E-state index >= 15 is 0 Å². The van der Waals surface area contributed by atoms with Gasteiger partial charge in [0, 0.05) is 12.0 Å². The molecule has 0 amide bonds. The molecule has 0 unspecified atom stereocenters. The third-order valence-corrected chi connectivity index (χ3v) is 4.86. The summed E-state index contributed by atoms with van der Waals surface area (Å²) in [6.07, 6.45) is 1.52. The second-order valence-corrected chi connectivity index (χ2v) is 6.56. The SMILES string of the molecule is COc1ccccc1-c1nc2sc(Cc3ccccc3)nn2c1C=O. The Labute approximate surface area is 148 Å². The van der Waals surface area contributed by atoms with Crippen LogP contribution >= 0.6 is 11.3 Å². The summed E-state index contributed by atoms with van der Waals surface area (Å²) in [7, 11) is 1.61. The van der Waals surface area contributed by atoms with E-state index in [4.69, 9.17) is 4.74 Å². The maximum Gasteiger partial charge on any atom is 0.213 e. The Hall–Kier alpha value is -2.99. The lowest BCUT2D eigenvalue weighted by Gasteiger charge is -2.05. The molecule has 5 nitrogen and oxygen atoms in total. The zero-order chi connectivity index (χ0) is 17.2. The van der Waals surface area contributed by atoms with E-state index in [0.29, 0.717) is 22.1 Å². The van der Waals surface area contributed by atoms with Crippen LogP contribution in [0, 0.1) is 0 Å². The Morgan fingerprint density at radius 3 is 2.64 bits per heavy atom. The van der Waals surface area contributed by atoms with E-state index < -0.39 is 0 Å². The largest absolute Gasteiger partial charge is 0.496 e. The minimum atomic E-state index is 0.440. The summed E-state index contributed by atoms with van der Waals surface area (Å²) in [6, 6.07) is 17.6. The van der Waals surface area contributed by atoms with Crippen LogP contribution in [-0.2, 0) is 6.42 Å². The molecule has 124 valence electrons. The molecule has 25 heavy (non-hydrogen) atoms. The summed E-state index contributed by atoms with van der Waals surface area (Å²) in [6.45, 7) is 0. The highest BCUT2D eigenvalue weighted by Gasteiger charge is 2.19. The van der Waals surface area contributed by atoms with Gasteiger partial charge in [0.2, 0.25) is 4.96 Å². The first-order chi connectivity index (χ1) is 12.3. The molecule has 0 saturated heterocycles. The molecule has 0 spiro atoms. The van der Waals surface area contributed by atoms with Crippen molar-refractivity contribution in [3.8, 4) is 17.0 Å². The van der Waals surface area contributed by atoms with Crippen molar-refractivity contribution in [3.63, 3.8) is 0 Å². The van der Waals surface area contributed by atoms with Crippen LogP contribution in [0.15, 0.2) is 54.6 Å². The topological polar surface area (TPSA) is 56.5 Å². The van der Waals surface area contributed by atoms with Crippen molar-refractivity contribution in [1.82, 2.24) is 14.6 Å². The number of ether oxygens (including phenoxy) is 1. The second kappa shape index (κ2) is 6.49. The van der Waals surface area contributed by atoms with E-state index in [1.54, 1.807) is 11.6 Å². The van der Waals surface area contributed by atoms with Crippen molar-refractivity contribution < 1.29 is 9.53 Å². The standard InChI is InChI=1S/C19H15N3O2S/c1-24-16-10-6-5-9-14(16)18-15(12-23)22-19(20-18)25-17(21-22)11-13-7-3-2-4-8-13/h2-10,12H,11H2,1H3.